The first-order chi connectivity index (χ1) is 36.5. The Labute approximate surface area is 462 Å². The van der Waals surface area contributed by atoms with E-state index in [9.17, 15) is 19.8 Å². The first kappa shape index (κ1) is 72.3. The van der Waals surface area contributed by atoms with Gasteiger partial charge in [-0.15, -0.1) is 0 Å². The third kappa shape index (κ3) is 59.6. The standard InChI is InChI=1S/C68H131NO5/c1-3-5-7-9-11-13-15-17-19-34-38-42-46-50-54-58-62-68(73)74-63-59-55-51-47-43-39-35-31-29-27-25-23-21-20-22-24-26-28-30-33-37-41-45-49-53-57-61-67(72)69-65(64-70)66(71)60-56-52-48-44-40-36-32-18-16-14-12-10-8-6-4-2/h19-20,22,34,65-66,70-71H,3-18,21,23-33,35-64H2,1-2H3,(H,69,72)/b22-20-,34-19-. The number of allylic oxidation sites excluding steroid dienone is 4. The van der Waals surface area contributed by atoms with Crippen molar-refractivity contribution in [2.24, 2.45) is 0 Å². The number of unbranched alkanes of at least 4 members (excludes halogenated alkanes) is 48. The Morgan fingerprint density at radius 2 is 0.635 bits per heavy atom. The van der Waals surface area contributed by atoms with E-state index in [1.807, 2.05) is 0 Å². The number of rotatable bonds is 63. The second-order valence-electron chi connectivity index (χ2n) is 23.1. The predicted molar refractivity (Wildman–Crippen MR) is 324 cm³/mol. The van der Waals surface area contributed by atoms with Gasteiger partial charge in [0.1, 0.15) is 0 Å². The Morgan fingerprint density at radius 1 is 0.365 bits per heavy atom. The second-order valence-corrected chi connectivity index (χ2v) is 23.1. The molecule has 0 saturated carbocycles. The van der Waals surface area contributed by atoms with E-state index in [1.54, 1.807) is 0 Å². The molecule has 3 N–H and O–H groups in total. The summed E-state index contributed by atoms with van der Waals surface area (Å²) in [5.74, 6) is -0.0270. The number of aliphatic hydroxyl groups is 2. The molecule has 438 valence electrons. The summed E-state index contributed by atoms with van der Waals surface area (Å²) in [5, 5.41) is 23.3. The Balaban J connectivity index is 3.38. The van der Waals surface area contributed by atoms with Crippen molar-refractivity contribution in [3.8, 4) is 0 Å². The summed E-state index contributed by atoms with van der Waals surface area (Å²) in [6, 6.07) is -0.542. The molecular weight excluding hydrogens is 911 g/mol. The van der Waals surface area contributed by atoms with Gasteiger partial charge in [-0.05, 0) is 77.0 Å². The van der Waals surface area contributed by atoms with Gasteiger partial charge in [0.25, 0.3) is 0 Å². The fourth-order valence-corrected chi connectivity index (χ4v) is 10.6. The molecule has 0 saturated heterocycles. The molecule has 2 atom stereocenters. The highest BCUT2D eigenvalue weighted by molar-refractivity contribution is 5.76. The molecule has 0 fully saturated rings. The third-order valence-electron chi connectivity index (χ3n) is 15.7. The number of carbonyl (C=O) groups excluding carboxylic acids is 2. The van der Waals surface area contributed by atoms with E-state index in [2.05, 4.69) is 43.5 Å². The molecule has 0 aromatic rings. The molecule has 0 radical (unpaired) electrons. The highest BCUT2D eigenvalue weighted by Crippen LogP contribution is 2.18. The Morgan fingerprint density at radius 3 is 0.959 bits per heavy atom. The van der Waals surface area contributed by atoms with Gasteiger partial charge in [0.15, 0.2) is 0 Å². The molecule has 0 heterocycles. The van der Waals surface area contributed by atoms with Crippen molar-refractivity contribution in [1.29, 1.82) is 0 Å². The topological polar surface area (TPSA) is 95.9 Å². The molecule has 0 rings (SSSR count). The van der Waals surface area contributed by atoms with E-state index in [0.29, 0.717) is 25.9 Å². The largest absolute Gasteiger partial charge is 0.466 e. The van der Waals surface area contributed by atoms with Crippen molar-refractivity contribution in [1.82, 2.24) is 5.32 Å². The molecule has 0 aliphatic rings. The number of amides is 1. The van der Waals surface area contributed by atoms with Gasteiger partial charge < -0.3 is 20.3 Å². The average molecular weight is 1040 g/mol. The van der Waals surface area contributed by atoms with Crippen LogP contribution in [0.1, 0.15) is 373 Å². The van der Waals surface area contributed by atoms with Crippen LogP contribution >= 0.6 is 0 Å². The maximum Gasteiger partial charge on any atom is 0.305 e. The Kier molecular flexibility index (Phi) is 62.4. The highest BCUT2D eigenvalue weighted by Gasteiger charge is 2.20. The van der Waals surface area contributed by atoms with E-state index in [0.717, 1.165) is 44.9 Å². The van der Waals surface area contributed by atoms with E-state index < -0.39 is 12.1 Å². The molecule has 6 heteroatoms. The van der Waals surface area contributed by atoms with Crippen LogP contribution in [0.3, 0.4) is 0 Å². The zero-order chi connectivity index (χ0) is 53.6. The summed E-state index contributed by atoms with van der Waals surface area (Å²) in [7, 11) is 0. The second kappa shape index (κ2) is 63.9. The Hall–Kier alpha value is -1.66. The van der Waals surface area contributed by atoms with Crippen LogP contribution in [-0.2, 0) is 14.3 Å². The van der Waals surface area contributed by atoms with Crippen molar-refractivity contribution in [3.05, 3.63) is 24.3 Å². The molecule has 0 bridgehead atoms. The van der Waals surface area contributed by atoms with Crippen molar-refractivity contribution < 1.29 is 24.5 Å². The summed E-state index contributed by atoms with van der Waals surface area (Å²) in [5.41, 5.74) is 0. The first-order valence-electron chi connectivity index (χ1n) is 33.6. The Bertz CT molecular complexity index is 1150. The summed E-state index contributed by atoms with van der Waals surface area (Å²) >= 11 is 0. The molecule has 0 aliphatic heterocycles. The number of hydrogen-bond acceptors (Lipinski definition) is 5. The van der Waals surface area contributed by atoms with Crippen LogP contribution in [-0.4, -0.2) is 47.4 Å². The normalized spacial score (nSPS) is 12.6. The lowest BCUT2D eigenvalue weighted by Crippen LogP contribution is -2.45. The zero-order valence-electron chi connectivity index (χ0n) is 50.1. The lowest BCUT2D eigenvalue weighted by atomic mass is 10.0. The summed E-state index contributed by atoms with van der Waals surface area (Å²) in [6.45, 7) is 4.97. The lowest BCUT2D eigenvalue weighted by molar-refractivity contribution is -0.143. The molecule has 6 nitrogen and oxygen atoms in total. The maximum atomic E-state index is 12.5. The zero-order valence-corrected chi connectivity index (χ0v) is 50.1. The van der Waals surface area contributed by atoms with Gasteiger partial charge in [-0.1, -0.05) is 308 Å². The minimum Gasteiger partial charge on any atom is -0.466 e. The fourth-order valence-electron chi connectivity index (χ4n) is 10.6. The molecule has 0 aliphatic carbocycles. The number of hydrogen-bond donors (Lipinski definition) is 3. The molecule has 0 aromatic carbocycles. The smallest absolute Gasteiger partial charge is 0.305 e. The molecule has 0 spiro atoms. The molecule has 74 heavy (non-hydrogen) atoms. The summed E-state index contributed by atoms with van der Waals surface area (Å²) in [4.78, 5) is 24.6. The number of carbonyl (C=O) groups is 2. The maximum absolute atomic E-state index is 12.5. The number of nitrogens with one attached hydrogen (secondary N) is 1. The van der Waals surface area contributed by atoms with Crippen molar-refractivity contribution in [2.45, 2.75) is 386 Å². The van der Waals surface area contributed by atoms with E-state index >= 15 is 0 Å². The first-order valence-corrected chi connectivity index (χ1v) is 33.6. The van der Waals surface area contributed by atoms with Crippen LogP contribution in [0.15, 0.2) is 24.3 Å². The van der Waals surface area contributed by atoms with Gasteiger partial charge in [-0.2, -0.15) is 0 Å². The lowest BCUT2D eigenvalue weighted by Gasteiger charge is -2.22. The predicted octanol–water partition coefficient (Wildman–Crippen LogP) is 21.4. The van der Waals surface area contributed by atoms with Crippen LogP contribution in [0.2, 0.25) is 0 Å². The number of aliphatic hydroxyl groups excluding tert-OH is 2. The SMILES string of the molecule is CCCCCCCCC/C=C\CCCCCCCC(=O)OCCCCCCCCCCCCCC/C=C\CCCCCCCCCCCCC(=O)NC(CO)C(O)CCCCCCCCCCCCCCCCC. The fraction of sp³-hybridized carbons (Fsp3) is 0.912. The quantitative estimate of drug-likeness (QED) is 0.0320. The monoisotopic (exact) mass is 1040 g/mol. The highest BCUT2D eigenvalue weighted by atomic mass is 16.5. The van der Waals surface area contributed by atoms with Gasteiger partial charge in [0, 0.05) is 12.8 Å². The van der Waals surface area contributed by atoms with Crippen LogP contribution in [0.4, 0.5) is 0 Å². The molecule has 0 aromatic heterocycles. The van der Waals surface area contributed by atoms with Crippen LogP contribution in [0.25, 0.3) is 0 Å². The van der Waals surface area contributed by atoms with Crippen molar-refractivity contribution >= 4 is 11.9 Å². The number of ether oxygens (including phenoxy) is 1. The minimum absolute atomic E-state index is 0.00751. The van der Waals surface area contributed by atoms with E-state index in [1.165, 1.54) is 295 Å². The van der Waals surface area contributed by atoms with Crippen LogP contribution < -0.4 is 5.32 Å². The van der Waals surface area contributed by atoms with Gasteiger partial charge >= 0.3 is 5.97 Å². The van der Waals surface area contributed by atoms with E-state index in [-0.39, 0.29) is 18.5 Å². The number of esters is 1. The summed E-state index contributed by atoms with van der Waals surface area (Å²) in [6.07, 6.45) is 79.2. The molecule has 1 amide bonds. The van der Waals surface area contributed by atoms with E-state index in [4.69, 9.17) is 4.74 Å². The van der Waals surface area contributed by atoms with Gasteiger partial charge in [-0.25, -0.2) is 0 Å². The van der Waals surface area contributed by atoms with Crippen LogP contribution in [0, 0.1) is 0 Å². The van der Waals surface area contributed by atoms with Gasteiger partial charge in [0.05, 0.1) is 25.4 Å². The van der Waals surface area contributed by atoms with Crippen LogP contribution in [0.5, 0.6) is 0 Å². The minimum atomic E-state index is -0.665. The molecular formula is C68H131NO5. The van der Waals surface area contributed by atoms with Gasteiger partial charge in [0.2, 0.25) is 5.91 Å². The van der Waals surface area contributed by atoms with Gasteiger partial charge in [-0.3, -0.25) is 9.59 Å². The van der Waals surface area contributed by atoms with Crippen molar-refractivity contribution in [2.75, 3.05) is 13.2 Å². The molecule has 2 unspecified atom stereocenters. The van der Waals surface area contributed by atoms with Crippen molar-refractivity contribution in [3.63, 3.8) is 0 Å². The summed E-state index contributed by atoms with van der Waals surface area (Å²) < 4.78 is 5.49. The average Bonchev–Trinajstić information content (AvgIpc) is 3.40. The third-order valence-corrected chi connectivity index (χ3v) is 15.7.